The van der Waals surface area contributed by atoms with Gasteiger partial charge in [-0.15, -0.1) is 0 Å². The van der Waals surface area contributed by atoms with Crippen LogP contribution < -0.4 is 5.32 Å². The van der Waals surface area contributed by atoms with Gasteiger partial charge in [0, 0.05) is 33.4 Å². The Morgan fingerprint density at radius 3 is 3.06 bits per heavy atom. The van der Waals surface area contributed by atoms with Crippen molar-refractivity contribution in [2.45, 2.75) is 37.8 Å². The second-order valence-electron chi connectivity index (χ2n) is 5.36. The van der Waals surface area contributed by atoms with Gasteiger partial charge in [-0.05, 0) is 31.6 Å². The van der Waals surface area contributed by atoms with E-state index in [1.54, 1.807) is 7.11 Å². The van der Waals surface area contributed by atoms with Crippen LogP contribution in [0, 0.1) is 5.92 Å². The summed E-state index contributed by atoms with van der Waals surface area (Å²) in [5.41, 5.74) is 0. The monoisotopic (exact) mass is 256 g/mol. The number of methoxy groups -OCH3 is 1. The summed E-state index contributed by atoms with van der Waals surface area (Å²) in [5, 5.41) is 12.2. The number of nitrogens with zero attached hydrogens (tertiary/aromatic N) is 1. The highest BCUT2D eigenvalue weighted by molar-refractivity contribution is 5.82. The molecule has 2 aliphatic heterocycles. The molecule has 0 bridgehead atoms. The van der Waals surface area contributed by atoms with E-state index in [9.17, 15) is 4.79 Å². The Bertz CT molecular complexity index is 283. The van der Waals surface area contributed by atoms with Gasteiger partial charge in [0.1, 0.15) is 0 Å². The van der Waals surface area contributed by atoms with E-state index in [4.69, 9.17) is 9.84 Å². The molecular weight excluding hydrogens is 232 g/mol. The van der Waals surface area contributed by atoms with Crippen molar-refractivity contribution in [3.8, 4) is 0 Å². The third-order valence-corrected chi connectivity index (χ3v) is 4.09. The van der Waals surface area contributed by atoms with Gasteiger partial charge in [-0.25, -0.2) is 0 Å². The fourth-order valence-electron chi connectivity index (χ4n) is 2.97. The first-order valence-corrected chi connectivity index (χ1v) is 6.90. The van der Waals surface area contributed by atoms with Crippen molar-refractivity contribution >= 4 is 5.91 Å². The second kappa shape index (κ2) is 6.50. The van der Waals surface area contributed by atoms with Crippen molar-refractivity contribution in [1.29, 1.82) is 0 Å². The molecule has 0 saturated carbocycles. The van der Waals surface area contributed by atoms with Gasteiger partial charge in [-0.3, -0.25) is 4.79 Å². The van der Waals surface area contributed by atoms with Crippen LogP contribution in [-0.2, 0) is 9.53 Å². The zero-order chi connectivity index (χ0) is 13.0. The third-order valence-electron chi connectivity index (χ3n) is 4.09. The summed E-state index contributed by atoms with van der Waals surface area (Å²) < 4.78 is 5.27. The molecule has 0 spiro atoms. The van der Waals surface area contributed by atoms with Crippen LogP contribution in [0.1, 0.15) is 25.7 Å². The molecule has 3 unspecified atom stereocenters. The van der Waals surface area contributed by atoms with E-state index >= 15 is 0 Å². The number of hydrogen-bond acceptors (Lipinski definition) is 4. The number of carbonyl (C=O) groups is 1. The van der Waals surface area contributed by atoms with Crippen LogP contribution in [0.25, 0.3) is 0 Å². The Labute approximate surface area is 108 Å². The van der Waals surface area contributed by atoms with Crippen LogP contribution in [-0.4, -0.2) is 61.4 Å². The van der Waals surface area contributed by atoms with Gasteiger partial charge in [-0.1, -0.05) is 0 Å². The lowest BCUT2D eigenvalue weighted by molar-refractivity contribution is -0.135. The average molecular weight is 256 g/mol. The van der Waals surface area contributed by atoms with Crippen molar-refractivity contribution in [2.75, 3.05) is 33.4 Å². The standard InChI is InChI=1S/C13H24N2O3/c1-18-11-7-12(14-8-11)13(17)15-5-2-3-10(9-15)4-6-16/h10-12,14,16H,2-9H2,1H3. The van der Waals surface area contributed by atoms with E-state index in [1.165, 1.54) is 0 Å². The molecule has 2 rings (SSSR count). The summed E-state index contributed by atoms with van der Waals surface area (Å²) in [5.74, 6) is 0.671. The van der Waals surface area contributed by atoms with Gasteiger partial charge in [0.2, 0.25) is 5.91 Å². The Kier molecular flexibility index (Phi) is 4.97. The number of aliphatic hydroxyl groups excluding tert-OH is 1. The smallest absolute Gasteiger partial charge is 0.239 e. The highest BCUT2D eigenvalue weighted by atomic mass is 16.5. The van der Waals surface area contributed by atoms with Crippen molar-refractivity contribution in [3.63, 3.8) is 0 Å². The second-order valence-corrected chi connectivity index (χ2v) is 5.36. The fraction of sp³-hybridized carbons (Fsp3) is 0.923. The number of aliphatic hydroxyl groups is 1. The Hall–Kier alpha value is -0.650. The lowest BCUT2D eigenvalue weighted by atomic mass is 9.94. The van der Waals surface area contributed by atoms with Crippen LogP contribution in [0.5, 0.6) is 0 Å². The number of nitrogens with one attached hydrogen (secondary N) is 1. The lowest BCUT2D eigenvalue weighted by Gasteiger charge is -2.34. The van der Waals surface area contributed by atoms with Crippen molar-refractivity contribution in [3.05, 3.63) is 0 Å². The highest BCUT2D eigenvalue weighted by Crippen LogP contribution is 2.21. The van der Waals surface area contributed by atoms with Gasteiger partial charge < -0.3 is 20.1 Å². The number of hydrogen-bond donors (Lipinski definition) is 2. The topological polar surface area (TPSA) is 61.8 Å². The highest BCUT2D eigenvalue weighted by Gasteiger charge is 2.34. The molecule has 2 N–H and O–H groups in total. The minimum atomic E-state index is -0.0807. The summed E-state index contributed by atoms with van der Waals surface area (Å²) in [6.07, 6.45) is 3.93. The first-order valence-electron chi connectivity index (χ1n) is 6.90. The van der Waals surface area contributed by atoms with Crippen LogP contribution in [0.15, 0.2) is 0 Å². The number of carbonyl (C=O) groups excluding carboxylic acids is 1. The molecule has 0 aromatic heterocycles. The van der Waals surface area contributed by atoms with Gasteiger partial charge in [0.25, 0.3) is 0 Å². The van der Waals surface area contributed by atoms with Crippen LogP contribution >= 0.6 is 0 Å². The minimum Gasteiger partial charge on any atom is -0.396 e. The minimum absolute atomic E-state index is 0.0807. The van der Waals surface area contributed by atoms with E-state index in [2.05, 4.69) is 5.32 Å². The van der Waals surface area contributed by atoms with Gasteiger partial charge in [-0.2, -0.15) is 0 Å². The van der Waals surface area contributed by atoms with Crippen LogP contribution in [0.2, 0.25) is 0 Å². The maximum absolute atomic E-state index is 12.4. The Morgan fingerprint density at radius 2 is 2.39 bits per heavy atom. The molecule has 0 radical (unpaired) electrons. The number of amides is 1. The number of likely N-dealkylation sites (tertiary alicyclic amines) is 1. The predicted octanol–water partition coefficient (Wildman–Crippen LogP) is -0.0157. The zero-order valence-corrected chi connectivity index (χ0v) is 11.1. The first kappa shape index (κ1) is 13.8. The molecule has 2 aliphatic rings. The van der Waals surface area contributed by atoms with Crippen molar-refractivity contribution < 1.29 is 14.6 Å². The van der Waals surface area contributed by atoms with Gasteiger partial charge in [0.15, 0.2) is 0 Å². The third kappa shape index (κ3) is 3.22. The molecular formula is C13H24N2O3. The SMILES string of the molecule is COC1CNC(C(=O)N2CCCC(CCO)C2)C1. The summed E-state index contributed by atoms with van der Waals surface area (Å²) >= 11 is 0. The largest absolute Gasteiger partial charge is 0.396 e. The molecule has 2 fully saturated rings. The number of piperidine rings is 1. The van der Waals surface area contributed by atoms with Crippen molar-refractivity contribution in [2.24, 2.45) is 5.92 Å². The predicted molar refractivity (Wildman–Crippen MR) is 68.2 cm³/mol. The maximum Gasteiger partial charge on any atom is 0.239 e. The molecule has 5 nitrogen and oxygen atoms in total. The first-order chi connectivity index (χ1) is 8.74. The molecule has 18 heavy (non-hydrogen) atoms. The van der Waals surface area contributed by atoms with E-state index in [1.807, 2.05) is 4.90 Å². The summed E-state index contributed by atoms with van der Waals surface area (Å²) in [6.45, 7) is 2.65. The quantitative estimate of drug-likeness (QED) is 0.742. The molecule has 2 saturated heterocycles. The number of rotatable bonds is 4. The number of ether oxygens (including phenoxy) is 1. The Balaban J connectivity index is 1.85. The summed E-state index contributed by atoms with van der Waals surface area (Å²) in [4.78, 5) is 14.3. The van der Waals surface area contributed by atoms with E-state index in [0.29, 0.717) is 5.92 Å². The molecule has 0 aromatic rings. The molecule has 104 valence electrons. The van der Waals surface area contributed by atoms with E-state index in [-0.39, 0.29) is 24.7 Å². The molecule has 3 atom stereocenters. The van der Waals surface area contributed by atoms with E-state index in [0.717, 1.165) is 45.3 Å². The molecule has 0 aliphatic carbocycles. The lowest BCUT2D eigenvalue weighted by Crippen LogP contribution is -2.47. The molecule has 0 aromatic carbocycles. The maximum atomic E-state index is 12.4. The zero-order valence-electron chi connectivity index (χ0n) is 11.1. The molecule has 5 heteroatoms. The van der Waals surface area contributed by atoms with Crippen LogP contribution in [0.4, 0.5) is 0 Å². The fourth-order valence-corrected chi connectivity index (χ4v) is 2.97. The van der Waals surface area contributed by atoms with Gasteiger partial charge >= 0.3 is 0 Å². The van der Waals surface area contributed by atoms with Crippen molar-refractivity contribution in [1.82, 2.24) is 10.2 Å². The normalized spacial score (nSPS) is 32.8. The summed E-state index contributed by atoms with van der Waals surface area (Å²) in [6, 6.07) is -0.0807. The molecule has 2 heterocycles. The Morgan fingerprint density at radius 1 is 1.56 bits per heavy atom. The molecule has 1 amide bonds. The average Bonchev–Trinajstić information content (AvgIpc) is 2.87. The van der Waals surface area contributed by atoms with Gasteiger partial charge in [0.05, 0.1) is 12.1 Å². The summed E-state index contributed by atoms with van der Waals surface area (Å²) in [7, 11) is 1.69. The van der Waals surface area contributed by atoms with E-state index < -0.39 is 0 Å². The van der Waals surface area contributed by atoms with Crippen LogP contribution in [0.3, 0.4) is 0 Å².